The fourth-order valence-corrected chi connectivity index (χ4v) is 3.46. The first-order chi connectivity index (χ1) is 16.4. The molecule has 0 fully saturated rings. The molecule has 0 saturated carbocycles. The van der Waals surface area contributed by atoms with Gasteiger partial charge in [-0.2, -0.15) is 0 Å². The van der Waals surface area contributed by atoms with Crippen LogP contribution in [0.5, 0.6) is 17.2 Å². The van der Waals surface area contributed by atoms with Crippen molar-refractivity contribution in [2.45, 2.75) is 40.5 Å². The van der Waals surface area contributed by atoms with Crippen molar-refractivity contribution in [1.82, 2.24) is 0 Å². The first-order valence-corrected chi connectivity index (χ1v) is 11.3. The zero-order valence-electron chi connectivity index (χ0n) is 20.7. The highest BCUT2D eigenvalue weighted by Crippen LogP contribution is 2.33. The summed E-state index contributed by atoms with van der Waals surface area (Å²) in [6.45, 7) is 7.91. The smallest absolute Gasteiger partial charge is 0.305 e. The molecule has 0 aromatic heterocycles. The normalized spacial score (nSPS) is 9.94. The summed E-state index contributed by atoms with van der Waals surface area (Å²) in [6, 6.07) is 18.4. The summed E-state index contributed by atoms with van der Waals surface area (Å²) in [5.41, 5.74) is 3.99. The molecule has 0 bridgehead atoms. The SMILES string of the molecule is CC.COC(=O)CCc1cc(C)c(Oc2ccc(OC)c(C(=O)Nc3ccccc3)c2)c(C)c1. The van der Waals surface area contributed by atoms with E-state index in [1.54, 1.807) is 18.2 Å². The molecule has 0 radical (unpaired) electrons. The molecule has 0 aliphatic carbocycles. The van der Waals surface area contributed by atoms with Crippen LogP contribution in [0.3, 0.4) is 0 Å². The summed E-state index contributed by atoms with van der Waals surface area (Å²) in [4.78, 5) is 24.3. The van der Waals surface area contributed by atoms with E-state index in [2.05, 4.69) is 5.32 Å². The first-order valence-electron chi connectivity index (χ1n) is 11.3. The van der Waals surface area contributed by atoms with Gasteiger partial charge in [-0.05, 0) is 67.3 Å². The highest BCUT2D eigenvalue weighted by molar-refractivity contribution is 6.06. The highest BCUT2D eigenvalue weighted by Gasteiger charge is 2.16. The van der Waals surface area contributed by atoms with E-state index in [4.69, 9.17) is 14.2 Å². The molecule has 0 unspecified atom stereocenters. The van der Waals surface area contributed by atoms with Crippen LogP contribution in [-0.4, -0.2) is 26.1 Å². The van der Waals surface area contributed by atoms with Crippen LogP contribution in [0.4, 0.5) is 5.69 Å². The second kappa shape index (κ2) is 13.0. The van der Waals surface area contributed by atoms with Gasteiger partial charge in [0.2, 0.25) is 0 Å². The number of carbonyl (C=O) groups excluding carboxylic acids is 2. The maximum atomic E-state index is 12.8. The Morgan fingerprint density at radius 1 is 0.882 bits per heavy atom. The number of esters is 1. The van der Waals surface area contributed by atoms with Crippen LogP contribution in [0, 0.1) is 13.8 Å². The van der Waals surface area contributed by atoms with Crippen molar-refractivity contribution in [1.29, 1.82) is 0 Å². The van der Waals surface area contributed by atoms with Gasteiger partial charge < -0.3 is 19.5 Å². The van der Waals surface area contributed by atoms with Gasteiger partial charge in [0.1, 0.15) is 17.2 Å². The van der Waals surface area contributed by atoms with Crippen molar-refractivity contribution in [3.05, 3.63) is 82.9 Å². The van der Waals surface area contributed by atoms with Gasteiger partial charge in [0.15, 0.2) is 0 Å². The number of hydrogen-bond acceptors (Lipinski definition) is 5. The summed E-state index contributed by atoms with van der Waals surface area (Å²) in [6.07, 6.45) is 0.926. The molecule has 3 aromatic carbocycles. The fourth-order valence-electron chi connectivity index (χ4n) is 3.46. The van der Waals surface area contributed by atoms with E-state index in [1.165, 1.54) is 14.2 Å². The second-order valence-corrected chi connectivity index (χ2v) is 7.42. The van der Waals surface area contributed by atoms with E-state index >= 15 is 0 Å². The Morgan fingerprint density at radius 2 is 1.53 bits per heavy atom. The molecule has 3 aromatic rings. The van der Waals surface area contributed by atoms with Gasteiger partial charge in [0.25, 0.3) is 5.91 Å². The number of methoxy groups -OCH3 is 2. The van der Waals surface area contributed by atoms with E-state index in [1.807, 2.05) is 70.2 Å². The number of benzene rings is 3. The van der Waals surface area contributed by atoms with Crippen LogP contribution in [0.15, 0.2) is 60.7 Å². The Bertz CT molecular complexity index is 1090. The van der Waals surface area contributed by atoms with Gasteiger partial charge in [-0.15, -0.1) is 0 Å². The number of para-hydroxylation sites is 1. The van der Waals surface area contributed by atoms with Gasteiger partial charge >= 0.3 is 5.97 Å². The summed E-state index contributed by atoms with van der Waals surface area (Å²) >= 11 is 0. The van der Waals surface area contributed by atoms with Gasteiger partial charge in [0.05, 0.1) is 19.8 Å². The standard InChI is InChI=1S/C26H27NO5.C2H6/c1-17-14-19(10-13-24(28)31-4)15-18(2)25(17)32-21-11-12-23(30-3)22(16-21)26(29)27-20-8-6-5-7-9-20;1-2/h5-9,11-12,14-16H,10,13H2,1-4H3,(H,27,29);1-2H3. The van der Waals surface area contributed by atoms with Crippen molar-refractivity contribution in [3.63, 3.8) is 0 Å². The lowest BCUT2D eigenvalue weighted by molar-refractivity contribution is -0.140. The summed E-state index contributed by atoms with van der Waals surface area (Å²) in [5, 5.41) is 2.87. The number of nitrogens with one attached hydrogen (secondary N) is 1. The third kappa shape index (κ3) is 7.10. The number of hydrogen-bond donors (Lipinski definition) is 1. The molecule has 1 N–H and O–H groups in total. The molecule has 1 amide bonds. The summed E-state index contributed by atoms with van der Waals surface area (Å²) in [7, 11) is 2.91. The average Bonchev–Trinajstić information content (AvgIpc) is 2.86. The molecular formula is C28H33NO5. The van der Waals surface area contributed by atoms with E-state index in [0.717, 1.165) is 16.7 Å². The molecule has 3 rings (SSSR count). The van der Waals surface area contributed by atoms with Crippen LogP contribution in [0.2, 0.25) is 0 Å². The van der Waals surface area contributed by atoms with E-state index < -0.39 is 0 Å². The number of anilines is 1. The lowest BCUT2D eigenvalue weighted by Gasteiger charge is -2.16. The first kappa shape index (κ1) is 26.5. The Balaban J connectivity index is 0.00000199. The molecule has 34 heavy (non-hydrogen) atoms. The van der Waals surface area contributed by atoms with Gasteiger partial charge in [0, 0.05) is 12.1 Å². The van der Waals surface area contributed by atoms with Crippen LogP contribution < -0.4 is 14.8 Å². The Hall–Kier alpha value is -3.80. The van der Waals surface area contributed by atoms with Crippen LogP contribution in [-0.2, 0) is 16.0 Å². The predicted octanol–water partition coefficient (Wildman–Crippen LogP) is 6.49. The van der Waals surface area contributed by atoms with Gasteiger partial charge in [-0.3, -0.25) is 9.59 Å². The lowest BCUT2D eigenvalue weighted by Crippen LogP contribution is -2.13. The van der Waals surface area contributed by atoms with Crippen LogP contribution in [0.1, 0.15) is 47.3 Å². The molecule has 0 aliphatic heterocycles. The number of rotatable bonds is 8. The minimum atomic E-state index is -0.287. The second-order valence-electron chi connectivity index (χ2n) is 7.42. The molecule has 0 saturated heterocycles. The molecular weight excluding hydrogens is 430 g/mol. The van der Waals surface area contributed by atoms with Crippen molar-refractivity contribution in [2.24, 2.45) is 0 Å². The lowest BCUT2D eigenvalue weighted by atomic mass is 10.0. The quantitative estimate of drug-likeness (QED) is 0.387. The minimum Gasteiger partial charge on any atom is -0.496 e. The van der Waals surface area contributed by atoms with Crippen molar-refractivity contribution in [3.8, 4) is 17.2 Å². The molecule has 6 nitrogen and oxygen atoms in total. The summed E-state index contributed by atoms with van der Waals surface area (Å²) < 4.78 is 16.2. The van der Waals surface area contributed by atoms with Gasteiger partial charge in [-0.25, -0.2) is 0 Å². The third-order valence-corrected chi connectivity index (χ3v) is 5.03. The van der Waals surface area contributed by atoms with Crippen LogP contribution >= 0.6 is 0 Å². The van der Waals surface area contributed by atoms with E-state index in [0.29, 0.717) is 41.3 Å². The number of amides is 1. The number of carbonyl (C=O) groups is 2. The Morgan fingerprint density at radius 3 is 2.12 bits per heavy atom. The molecule has 0 spiro atoms. The zero-order valence-corrected chi connectivity index (χ0v) is 20.7. The molecule has 180 valence electrons. The largest absolute Gasteiger partial charge is 0.496 e. The topological polar surface area (TPSA) is 73.9 Å². The Labute approximate surface area is 201 Å². The zero-order chi connectivity index (χ0) is 25.1. The number of aryl methyl sites for hydroxylation is 3. The molecule has 0 aliphatic rings. The molecule has 0 atom stereocenters. The fraction of sp³-hybridized carbons (Fsp3) is 0.286. The van der Waals surface area contributed by atoms with Gasteiger partial charge in [-0.1, -0.05) is 44.2 Å². The molecule has 0 heterocycles. The Kier molecular flexibility index (Phi) is 10.1. The minimum absolute atomic E-state index is 0.236. The predicted molar refractivity (Wildman–Crippen MR) is 135 cm³/mol. The third-order valence-electron chi connectivity index (χ3n) is 5.03. The van der Waals surface area contributed by atoms with Crippen LogP contribution in [0.25, 0.3) is 0 Å². The maximum absolute atomic E-state index is 12.8. The van der Waals surface area contributed by atoms with Crippen molar-refractivity contribution in [2.75, 3.05) is 19.5 Å². The van der Waals surface area contributed by atoms with E-state index in [9.17, 15) is 9.59 Å². The monoisotopic (exact) mass is 463 g/mol. The molecule has 6 heteroatoms. The number of ether oxygens (including phenoxy) is 3. The average molecular weight is 464 g/mol. The maximum Gasteiger partial charge on any atom is 0.305 e. The van der Waals surface area contributed by atoms with Crippen molar-refractivity contribution < 1.29 is 23.8 Å². The van der Waals surface area contributed by atoms with Crippen molar-refractivity contribution >= 4 is 17.6 Å². The van der Waals surface area contributed by atoms with E-state index in [-0.39, 0.29) is 11.9 Å². The summed E-state index contributed by atoms with van der Waals surface area (Å²) in [5.74, 6) is 1.17. The highest BCUT2D eigenvalue weighted by atomic mass is 16.5.